The van der Waals surface area contributed by atoms with E-state index >= 15 is 0 Å². The average molecular weight is 242 g/mol. The molecule has 0 aromatic heterocycles. The normalized spacial score (nSPS) is 26.6. The Labute approximate surface area is 94.5 Å². The summed E-state index contributed by atoms with van der Waals surface area (Å²) in [6.07, 6.45) is -0.108. The van der Waals surface area contributed by atoms with Crippen molar-refractivity contribution in [2.45, 2.75) is 11.8 Å². The van der Waals surface area contributed by atoms with Crippen molar-refractivity contribution < 1.29 is 28.6 Å². The maximum Gasteiger partial charge on any atom is 0.315 e. The van der Waals surface area contributed by atoms with Crippen LogP contribution in [0.5, 0.6) is 0 Å². The fourth-order valence-corrected chi connectivity index (χ4v) is 2.01. The molecule has 90 valence electrons. The van der Waals surface area contributed by atoms with Gasteiger partial charge in [-0.3, -0.25) is 9.59 Å². The van der Waals surface area contributed by atoms with Crippen LogP contribution in [0.15, 0.2) is 18.2 Å². The Morgan fingerprint density at radius 2 is 1.88 bits per heavy atom. The van der Waals surface area contributed by atoms with Crippen LogP contribution in [0.4, 0.5) is 8.78 Å². The fraction of sp³-hybridized carbons (Fsp3) is 0.273. The largest absolute Gasteiger partial charge is 0.481 e. The van der Waals surface area contributed by atoms with Crippen molar-refractivity contribution in [1.82, 2.24) is 0 Å². The molecule has 6 heteroatoms. The van der Waals surface area contributed by atoms with E-state index in [-0.39, 0.29) is 12.0 Å². The highest BCUT2D eigenvalue weighted by molar-refractivity contribution is 5.94. The second-order valence-corrected chi connectivity index (χ2v) is 4.00. The van der Waals surface area contributed by atoms with Crippen molar-refractivity contribution in [3.63, 3.8) is 0 Å². The Balaban J connectivity index is 2.46. The van der Waals surface area contributed by atoms with Crippen molar-refractivity contribution in [3.05, 3.63) is 35.4 Å². The van der Waals surface area contributed by atoms with Crippen LogP contribution < -0.4 is 0 Å². The van der Waals surface area contributed by atoms with Crippen LogP contribution in [0.3, 0.4) is 0 Å². The Kier molecular flexibility index (Phi) is 2.38. The molecule has 1 aromatic rings. The minimum atomic E-state index is -1.62. The van der Waals surface area contributed by atoms with Crippen molar-refractivity contribution in [2.24, 2.45) is 5.92 Å². The highest BCUT2D eigenvalue weighted by atomic mass is 19.2. The third-order valence-electron chi connectivity index (χ3n) is 3.08. The lowest BCUT2D eigenvalue weighted by Crippen LogP contribution is -2.25. The molecule has 1 fully saturated rings. The quantitative estimate of drug-likeness (QED) is 0.839. The van der Waals surface area contributed by atoms with Crippen LogP contribution in [-0.2, 0) is 15.0 Å². The van der Waals surface area contributed by atoms with Crippen molar-refractivity contribution >= 4 is 11.9 Å². The zero-order valence-electron chi connectivity index (χ0n) is 8.48. The van der Waals surface area contributed by atoms with E-state index in [2.05, 4.69) is 0 Å². The van der Waals surface area contributed by atoms with Crippen LogP contribution in [-0.4, -0.2) is 22.2 Å². The van der Waals surface area contributed by atoms with Crippen molar-refractivity contribution in [2.75, 3.05) is 0 Å². The molecular weight excluding hydrogens is 234 g/mol. The van der Waals surface area contributed by atoms with Gasteiger partial charge in [-0.05, 0) is 24.1 Å². The molecule has 0 bridgehead atoms. The molecule has 0 saturated heterocycles. The van der Waals surface area contributed by atoms with Gasteiger partial charge >= 0.3 is 11.9 Å². The van der Waals surface area contributed by atoms with Gasteiger partial charge in [-0.1, -0.05) is 6.07 Å². The number of halogens is 2. The van der Waals surface area contributed by atoms with Gasteiger partial charge < -0.3 is 10.2 Å². The molecule has 0 radical (unpaired) electrons. The van der Waals surface area contributed by atoms with Gasteiger partial charge in [-0.15, -0.1) is 0 Å². The van der Waals surface area contributed by atoms with E-state index in [1.54, 1.807) is 0 Å². The molecule has 4 nitrogen and oxygen atoms in total. The number of hydrogen-bond donors (Lipinski definition) is 2. The van der Waals surface area contributed by atoms with E-state index in [0.717, 1.165) is 18.2 Å². The first kappa shape index (κ1) is 11.5. The number of carboxylic acid groups (broad SMARTS) is 2. The lowest BCUT2D eigenvalue weighted by atomic mass is 9.93. The van der Waals surface area contributed by atoms with E-state index in [9.17, 15) is 18.4 Å². The molecule has 2 rings (SSSR count). The zero-order chi connectivity index (χ0) is 12.8. The van der Waals surface area contributed by atoms with Crippen molar-refractivity contribution in [3.8, 4) is 0 Å². The predicted molar refractivity (Wildman–Crippen MR) is 51.4 cm³/mol. The zero-order valence-corrected chi connectivity index (χ0v) is 8.48. The summed E-state index contributed by atoms with van der Waals surface area (Å²) in [6.45, 7) is 0. The lowest BCUT2D eigenvalue weighted by Gasteiger charge is -2.11. The van der Waals surface area contributed by atoms with Gasteiger partial charge in [0.15, 0.2) is 11.6 Å². The first-order valence-electron chi connectivity index (χ1n) is 4.81. The number of rotatable bonds is 3. The molecule has 2 N–H and O–H groups in total. The second kappa shape index (κ2) is 3.51. The molecule has 0 spiro atoms. The Bertz CT molecular complexity index is 514. The minimum Gasteiger partial charge on any atom is -0.481 e. The molecule has 1 saturated carbocycles. The molecular formula is C11H8F2O4. The highest BCUT2D eigenvalue weighted by Gasteiger charge is 2.65. The highest BCUT2D eigenvalue weighted by Crippen LogP contribution is 2.54. The molecule has 17 heavy (non-hydrogen) atoms. The molecule has 1 aliphatic rings. The molecule has 0 heterocycles. The standard InChI is InChI=1S/C11H8F2O4/c12-7-2-1-5(3-8(7)13)11(10(16)17)4-6(11)9(14)15/h1-3,6H,4H2,(H,14,15)(H,16,17). The summed E-state index contributed by atoms with van der Waals surface area (Å²) in [5.41, 5.74) is -1.64. The average Bonchev–Trinajstić information content (AvgIpc) is 2.98. The van der Waals surface area contributed by atoms with Gasteiger partial charge in [0, 0.05) is 0 Å². The first-order valence-corrected chi connectivity index (χ1v) is 4.81. The minimum absolute atomic E-state index is 0.0173. The molecule has 0 amide bonds. The van der Waals surface area contributed by atoms with E-state index in [1.807, 2.05) is 0 Å². The maximum absolute atomic E-state index is 13.0. The van der Waals surface area contributed by atoms with Gasteiger partial charge in [0.2, 0.25) is 0 Å². The lowest BCUT2D eigenvalue weighted by molar-refractivity contribution is -0.145. The van der Waals surface area contributed by atoms with Crippen LogP contribution in [0.2, 0.25) is 0 Å². The summed E-state index contributed by atoms with van der Waals surface area (Å²) in [7, 11) is 0. The molecule has 1 aliphatic carbocycles. The van der Waals surface area contributed by atoms with E-state index in [4.69, 9.17) is 10.2 Å². The van der Waals surface area contributed by atoms with Crippen LogP contribution in [0.25, 0.3) is 0 Å². The molecule has 2 unspecified atom stereocenters. The summed E-state index contributed by atoms with van der Waals surface area (Å²) in [5, 5.41) is 17.8. The SMILES string of the molecule is O=C(O)C1CC1(C(=O)O)c1ccc(F)c(F)c1. The molecule has 1 aromatic carbocycles. The van der Waals surface area contributed by atoms with E-state index in [0.29, 0.717) is 0 Å². The van der Waals surface area contributed by atoms with Gasteiger partial charge in [0.25, 0.3) is 0 Å². The summed E-state index contributed by atoms with van der Waals surface area (Å²) >= 11 is 0. The van der Waals surface area contributed by atoms with Gasteiger partial charge in [-0.25, -0.2) is 8.78 Å². The fourth-order valence-electron chi connectivity index (χ4n) is 2.01. The smallest absolute Gasteiger partial charge is 0.315 e. The maximum atomic E-state index is 13.0. The Morgan fingerprint density at radius 1 is 1.24 bits per heavy atom. The topological polar surface area (TPSA) is 74.6 Å². The van der Waals surface area contributed by atoms with Crippen LogP contribution in [0, 0.1) is 17.6 Å². The third-order valence-corrected chi connectivity index (χ3v) is 3.08. The number of aliphatic carboxylic acids is 2. The molecule has 0 aliphatic heterocycles. The van der Waals surface area contributed by atoms with Gasteiger partial charge in [-0.2, -0.15) is 0 Å². The number of hydrogen-bond acceptors (Lipinski definition) is 2. The van der Waals surface area contributed by atoms with Crippen molar-refractivity contribution in [1.29, 1.82) is 0 Å². The monoisotopic (exact) mass is 242 g/mol. The summed E-state index contributed by atoms with van der Waals surface area (Å²) in [5.74, 6) is -5.96. The van der Waals surface area contributed by atoms with Gasteiger partial charge in [0.1, 0.15) is 5.41 Å². The second-order valence-electron chi connectivity index (χ2n) is 4.00. The Morgan fingerprint density at radius 3 is 2.29 bits per heavy atom. The van der Waals surface area contributed by atoms with Gasteiger partial charge in [0.05, 0.1) is 5.92 Å². The Hall–Kier alpha value is -1.98. The van der Waals surface area contributed by atoms with E-state index in [1.165, 1.54) is 0 Å². The molecule has 2 atom stereocenters. The summed E-state index contributed by atoms with van der Waals surface area (Å²) in [4.78, 5) is 21.9. The van der Waals surface area contributed by atoms with Crippen LogP contribution >= 0.6 is 0 Å². The number of benzene rings is 1. The van der Waals surface area contributed by atoms with E-state index < -0.39 is 34.9 Å². The summed E-state index contributed by atoms with van der Waals surface area (Å²) < 4.78 is 25.7. The summed E-state index contributed by atoms with van der Waals surface area (Å²) in [6, 6.07) is 2.65. The number of carbonyl (C=O) groups is 2. The number of carboxylic acids is 2. The first-order chi connectivity index (χ1) is 7.89. The predicted octanol–water partition coefficient (Wildman–Crippen LogP) is 1.39. The van der Waals surface area contributed by atoms with Crippen LogP contribution in [0.1, 0.15) is 12.0 Å². The third kappa shape index (κ3) is 1.56.